The molecule has 0 bridgehead atoms. The van der Waals surface area contributed by atoms with Gasteiger partial charge in [0.1, 0.15) is 0 Å². The summed E-state index contributed by atoms with van der Waals surface area (Å²) < 4.78 is 2.94. The number of hydrogen-bond donors (Lipinski definition) is 1. The maximum atomic E-state index is 6.39. The van der Waals surface area contributed by atoms with Crippen molar-refractivity contribution < 1.29 is 0 Å². The number of aromatic nitrogens is 2. The first-order chi connectivity index (χ1) is 9.95. The molecule has 1 atom stereocenters. The number of nitrogens with zero attached hydrogens (tertiary/aromatic N) is 2. The van der Waals surface area contributed by atoms with Crippen molar-refractivity contribution >= 4 is 39.1 Å². The second-order valence-corrected chi connectivity index (χ2v) is 6.77. The summed E-state index contributed by atoms with van der Waals surface area (Å²) in [5, 5.41) is 9.22. The van der Waals surface area contributed by atoms with Crippen LogP contribution in [0.25, 0.3) is 0 Å². The summed E-state index contributed by atoms with van der Waals surface area (Å²) in [5.74, 6) is 0. The Morgan fingerprint density at radius 3 is 2.67 bits per heavy atom. The van der Waals surface area contributed by atoms with Gasteiger partial charge in [-0.15, -0.1) is 0 Å². The third-order valence-corrected chi connectivity index (χ3v) is 4.48. The number of benzene rings is 1. The summed E-state index contributed by atoms with van der Waals surface area (Å²) in [6.45, 7) is 7.05. The van der Waals surface area contributed by atoms with E-state index >= 15 is 0 Å². The van der Waals surface area contributed by atoms with E-state index < -0.39 is 0 Å². The van der Waals surface area contributed by atoms with Gasteiger partial charge in [-0.1, -0.05) is 46.1 Å². The first kappa shape index (κ1) is 16.8. The number of hydrogen-bond acceptors (Lipinski definition) is 2. The molecule has 0 aliphatic heterocycles. The lowest BCUT2D eigenvalue weighted by atomic mass is 10.0. The molecule has 21 heavy (non-hydrogen) atoms. The van der Waals surface area contributed by atoms with E-state index in [0.717, 1.165) is 22.3 Å². The van der Waals surface area contributed by atoms with E-state index in [1.165, 1.54) is 0 Å². The average Bonchev–Trinajstić information content (AvgIpc) is 2.81. The number of rotatable bonds is 5. The SMILES string of the molecule is CCNC(c1cc(Cl)ccc1Br)c1c(Cl)cnn1C(C)C. The highest BCUT2D eigenvalue weighted by Crippen LogP contribution is 2.35. The van der Waals surface area contributed by atoms with Crippen LogP contribution in [0.3, 0.4) is 0 Å². The lowest BCUT2D eigenvalue weighted by Crippen LogP contribution is -2.26. The molecule has 1 aromatic heterocycles. The predicted molar refractivity (Wildman–Crippen MR) is 92.3 cm³/mol. The molecule has 2 rings (SSSR count). The van der Waals surface area contributed by atoms with Crippen molar-refractivity contribution in [3.63, 3.8) is 0 Å². The third-order valence-electron chi connectivity index (χ3n) is 3.23. The standard InChI is InChI=1S/C15H18BrCl2N3/c1-4-19-14(11-7-10(17)5-6-12(11)16)15-13(18)8-20-21(15)9(2)3/h5-9,14,19H,4H2,1-3H3. The lowest BCUT2D eigenvalue weighted by molar-refractivity contribution is 0.476. The van der Waals surface area contributed by atoms with Crippen LogP contribution >= 0.6 is 39.1 Å². The minimum Gasteiger partial charge on any atom is -0.305 e. The summed E-state index contributed by atoms with van der Waals surface area (Å²) in [4.78, 5) is 0. The smallest absolute Gasteiger partial charge is 0.0837 e. The van der Waals surface area contributed by atoms with Gasteiger partial charge < -0.3 is 5.32 Å². The van der Waals surface area contributed by atoms with E-state index in [2.05, 4.69) is 47.1 Å². The van der Waals surface area contributed by atoms with Crippen LogP contribution < -0.4 is 5.32 Å². The molecule has 1 unspecified atom stereocenters. The minimum atomic E-state index is -0.0690. The van der Waals surface area contributed by atoms with Crippen LogP contribution in [0.2, 0.25) is 10.0 Å². The Hall–Kier alpha value is -0.550. The first-order valence-corrected chi connectivity index (χ1v) is 8.41. The van der Waals surface area contributed by atoms with Crippen molar-refractivity contribution in [1.82, 2.24) is 15.1 Å². The molecule has 1 aromatic carbocycles. The zero-order valence-electron chi connectivity index (χ0n) is 12.2. The van der Waals surface area contributed by atoms with Crippen LogP contribution in [-0.2, 0) is 0 Å². The van der Waals surface area contributed by atoms with Crippen LogP contribution in [0.1, 0.15) is 44.1 Å². The highest BCUT2D eigenvalue weighted by Gasteiger charge is 2.24. The summed E-state index contributed by atoms with van der Waals surface area (Å²) in [6.07, 6.45) is 1.69. The van der Waals surface area contributed by atoms with Gasteiger partial charge in [0.15, 0.2) is 0 Å². The summed E-state index contributed by atoms with van der Waals surface area (Å²) in [5.41, 5.74) is 2.00. The van der Waals surface area contributed by atoms with Crippen LogP contribution in [0, 0.1) is 0 Å². The molecule has 3 nitrogen and oxygen atoms in total. The van der Waals surface area contributed by atoms with Crippen molar-refractivity contribution in [2.45, 2.75) is 32.9 Å². The molecule has 114 valence electrons. The zero-order chi connectivity index (χ0) is 15.6. The van der Waals surface area contributed by atoms with Crippen molar-refractivity contribution in [2.75, 3.05) is 6.54 Å². The van der Waals surface area contributed by atoms with Crippen molar-refractivity contribution in [1.29, 1.82) is 0 Å². The van der Waals surface area contributed by atoms with Crippen LogP contribution in [-0.4, -0.2) is 16.3 Å². The summed E-state index contributed by atoms with van der Waals surface area (Å²) >= 11 is 16.2. The van der Waals surface area contributed by atoms with Crippen molar-refractivity contribution in [2.24, 2.45) is 0 Å². The second-order valence-electron chi connectivity index (χ2n) is 5.07. The van der Waals surface area contributed by atoms with Crippen LogP contribution in [0.5, 0.6) is 0 Å². The molecule has 0 spiro atoms. The molecule has 6 heteroatoms. The van der Waals surface area contributed by atoms with E-state index in [9.17, 15) is 0 Å². The predicted octanol–water partition coefficient (Wildman–Crippen LogP) is 5.23. The quantitative estimate of drug-likeness (QED) is 0.757. The molecular formula is C15H18BrCl2N3. The highest BCUT2D eigenvalue weighted by atomic mass is 79.9. The maximum Gasteiger partial charge on any atom is 0.0837 e. The van der Waals surface area contributed by atoms with Gasteiger partial charge in [0.25, 0.3) is 0 Å². The Morgan fingerprint density at radius 2 is 2.05 bits per heavy atom. The Labute approximate surface area is 143 Å². The lowest BCUT2D eigenvalue weighted by Gasteiger charge is -2.23. The van der Waals surface area contributed by atoms with Crippen LogP contribution in [0.4, 0.5) is 0 Å². The van der Waals surface area contributed by atoms with E-state index in [1.807, 2.05) is 22.9 Å². The van der Waals surface area contributed by atoms with Gasteiger partial charge in [0.2, 0.25) is 0 Å². The highest BCUT2D eigenvalue weighted by molar-refractivity contribution is 9.10. The van der Waals surface area contributed by atoms with Gasteiger partial charge in [-0.2, -0.15) is 5.10 Å². The largest absolute Gasteiger partial charge is 0.305 e. The summed E-state index contributed by atoms with van der Waals surface area (Å²) in [6, 6.07) is 5.92. The second kappa shape index (κ2) is 7.14. The molecule has 1 heterocycles. The maximum absolute atomic E-state index is 6.39. The van der Waals surface area contributed by atoms with Gasteiger partial charge >= 0.3 is 0 Å². The van der Waals surface area contributed by atoms with Gasteiger partial charge in [-0.3, -0.25) is 4.68 Å². The molecular weight excluding hydrogens is 373 g/mol. The van der Waals surface area contributed by atoms with Gasteiger partial charge in [-0.25, -0.2) is 0 Å². The van der Waals surface area contributed by atoms with Crippen molar-refractivity contribution in [3.05, 3.63) is 50.2 Å². The molecule has 0 aliphatic carbocycles. The molecule has 0 amide bonds. The van der Waals surface area contributed by atoms with Gasteiger partial charge in [0, 0.05) is 15.5 Å². The zero-order valence-corrected chi connectivity index (χ0v) is 15.3. The molecule has 2 aromatic rings. The average molecular weight is 391 g/mol. The number of nitrogens with one attached hydrogen (secondary N) is 1. The monoisotopic (exact) mass is 389 g/mol. The van der Waals surface area contributed by atoms with Crippen LogP contribution in [0.15, 0.2) is 28.9 Å². The molecule has 1 N–H and O–H groups in total. The fraction of sp³-hybridized carbons (Fsp3) is 0.400. The third kappa shape index (κ3) is 3.62. The van der Waals surface area contributed by atoms with Gasteiger partial charge in [0.05, 0.1) is 23.0 Å². The molecule has 0 radical (unpaired) electrons. The number of halogens is 3. The Kier molecular flexibility index (Phi) is 5.72. The topological polar surface area (TPSA) is 29.9 Å². The van der Waals surface area contributed by atoms with E-state index in [-0.39, 0.29) is 12.1 Å². The van der Waals surface area contributed by atoms with Gasteiger partial charge in [-0.05, 0) is 44.2 Å². The van der Waals surface area contributed by atoms with E-state index in [0.29, 0.717) is 10.0 Å². The molecule has 0 saturated carbocycles. The van der Waals surface area contributed by atoms with E-state index in [4.69, 9.17) is 23.2 Å². The Morgan fingerprint density at radius 1 is 1.33 bits per heavy atom. The van der Waals surface area contributed by atoms with Crippen molar-refractivity contribution in [3.8, 4) is 0 Å². The Bertz CT molecular complexity index is 625. The van der Waals surface area contributed by atoms with E-state index in [1.54, 1.807) is 6.20 Å². The minimum absolute atomic E-state index is 0.0690. The first-order valence-electron chi connectivity index (χ1n) is 6.87. The fourth-order valence-electron chi connectivity index (χ4n) is 2.33. The molecule has 0 saturated heterocycles. The summed E-state index contributed by atoms with van der Waals surface area (Å²) in [7, 11) is 0. The molecule has 0 aliphatic rings. The normalized spacial score (nSPS) is 12.9. The fourth-order valence-corrected chi connectivity index (χ4v) is 3.22. The Balaban J connectivity index is 2.59. The molecule has 0 fully saturated rings.